The molecule has 0 spiro atoms. The fraction of sp³-hybridized carbons (Fsp3) is 0.538. The molecule has 0 N–H and O–H groups in total. The van der Waals surface area contributed by atoms with Crippen LogP contribution >= 0.6 is 0 Å². The van der Waals surface area contributed by atoms with Crippen LogP contribution in [0.5, 0.6) is 0 Å². The smallest absolute Gasteiger partial charge is 0.112 e. The Hall–Kier alpha value is -1.85. The Morgan fingerprint density at radius 3 is 2.37 bits per heavy atom. The van der Waals surface area contributed by atoms with Gasteiger partial charge in [-0.15, -0.1) is 0 Å². The molecule has 146 valence electrons. The van der Waals surface area contributed by atoms with Crippen molar-refractivity contribution in [3.8, 4) is 0 Å². The number of aliphatic imine (C=N–C) groups is 1. The Kier molecular flexibility index (Phi) is 7.45. The highest BCUT2D eigenvalue weighted by Gasteiger charge is 2.23. The second-order valence-corrected chi connectivity index (χ2v) is 8.30. The molecular formula is C26H37N. The summed E-state index contributed by atoms with van der Waals surface area (Å²) in [7, 11) is 0. The summed E-state index contributed by atoms with van der Waals surface area (Å²) >= 11 is 0. The summed E-state index contributed by atoms with van der Waals surface area (Å²) in [5, 5.41) is 0. The molecule has 0 bridgehead atoms. The van der Waals surface area contributed by atoms with Crippen molar-refractivity contribution in [1.82, 2.24) is 0 Å². The van der Waals surface area contributed by atoms with Crippen molar-refractivity contribution in [2.24, 2.45) is 22.7 Å². The molecule has 0 saturated carbocycles. The SMILES string of the molecule is CCC(C)/C1=N/C(c2cc(C)ccc2C)=C=CC/C(C(C)CC)=C(/C)C1C. The van der Waals surface area contributed by atoms with Crippen LogP contribution in [0.2, 0.25) is 0 Å². The molecule has 0 radical (unpaired) electrons. The number of rotatable bonds is 5. The summed E-state index contributed by atoms with van der Waals surface area (Å²) in [6.07, 6.45) is 5.47. The van der Waals surface area contributed by atoms with Gasteiger partial charge in [-0.1, -0.05) is 69.2 Å². The van der Waals surface area contributed by atoms with Crippen LogP contribution in [0, 0.1) is 31.6 Å². The maximum Gasteiger partial charge on any atom is 0.112 e. The van der Waals surface area contributed by atoms with Gasteiger partial charge in [-0.3, -0.25) is 0 Å². The van der Waals surface area contributed by atoms with E-state index in [1.54, 1.807) is 5.57 Å². The summed E-state index contributed by atoms with van der Waals surface area (Å²) < 4.78 is 0. The Morgan fingerprint density at radius 1 is 1.07 bits per heavy atom. The molecule has 27 heavy (non-hydrogen) atoms. The van der Waals surface area contributed by atoms with Gasteiger partial charge in [0.25, 0.3) is 0 Å². The number of benzene rings is 1. The summed E-state index contributed by atoms with van der Waals surface area (Å²) in [5.74, 6) is 1.44. The first-order chi connectivity index (χ1) is 12.8. The Balaban J connectivity index is 2.70. The van der Waals surface area contributed by atoms with E-state index in [4.69, 9.17) is 4.99 Å². The monoisotopic (exact) mass is 363 g/mol. The largest absolute Gasteiger partial charge is 0.248 e. The minimum atomic E-state index is 0.373. The molecule has 3 atom stereocenters. The molecule has 1 heterocycles. The lowest BCUT2D eigenvalue weighted by Gasteiger charge is -2.25. The van der Waals surface area contributed by atoms with E-state index >= 15 is 0 Å². The summed E-state index contributed by atoms with van der Waals surface area (Å²) in [4.78, 5) is 5.25. The van der Waals surface area contributed by atoms with Gasteiger partial charge in [0, 0.05) is 17.2 Å². The van der Waals surface area contributed by atoms with Crippen LogP contribution in [-0.4, -0.2) is 5.71 Å². The molecule has 1 aromatic rings. The summed E-state index contributed by atoms with van der Waals surface area (Å²) in [6, 6.07) is 6.62. The van der Waals surface area contributed by atoms with Crippen LogP contribution in [0.3, 0.4) is 0 Å². The summed E-state index contributed by atoms with van der Waals surface area (Å²) in [5.41, 5.74) is 12.7. The van der Waals surface area contributed by atoms with Gasteiger partial charge < -0.3 is 0 Å². The topological polar surface area (TPSA) is 12.4 Å². The fourth-order valence-electron chi connectivity index (χ4n) is 3.89. The van der Waals surface area contributed by atoms with E-state index < -0.39 is 0 Å². The zero-order valence-corrected chi connectivity index (χ0v) is 18.6. The Morgan fingerprint density at radius 2 is 1.74 bits per heavy atom. The third-order valence-corrected chi connectivity index (χ3v) is 6.37. The highest BCUT2D eigenvalue weighted by atomic mass is 14.8. The van der Waals surface area contributed by atoms with Gasteiger partial charge >= 0.3 is 0 Å². The van der Waals surface area contributed by atoms with Gasteiger partial charge in [0.1, 0.15) is 5.70 Å². The second kappa shape index (κ2) is 9.38. The van der Waals surface area contributed by atoms with Gasteiger partial charge in [0.05, 0.1) is 0 Å². The molecule has 2 rings (SSSR count). The zero-order chi connectivity index (χ0) is 20.1. The highest BCUT2D eigenvalue weighted by Crippen LogP contribution is 2.32. The number of nitrogens with zero attached hydrogens (tertiary/aromatic N) is 1. The second-order valence-electron chi connectivity index (χ2n) is 8.30. The average Bonchev–Trinajstić information content (AvgIpc) is 2.72. The van der Waals surface area contributed by atoms with Gasteiger partial charge in [0.2, 0.25) is 0 Å². The molecular weight excluding hydrogens is 326 g/mol. The average molecular weight is 364 g/mol. The number of hydrogen-bond donors (Lipinski definition) is 0. The molecule has 1 aliphatic heterocycles. The van der Waals surface area contributed by atoms with Crippen molar-refractivity contribution in [1.29, 1.82) is 0 Å². The van der Waals surface area contributed by atoms with Crippen LogP contribution in [0.1, 0.15) is 77.5 Å². The van der Waals surface area contributed by atoms with E-state index in [1.807, 2.05) is 0 Å². The van der Waals surface area contributed by atoms with Gasteiger partial charge in [-0.05, 0) is 69.6 Å². The Bertz CT molecular complexity index is 799. The van der Waals surface area contributed by atoms with E-state index in [0.717, 1.165) is 18.5 Å². The van der Waals surface area contributed by atoms with Crippen molar-refractivity contribution in [2.75, 3.05) is 0 Å². The number of aryl methyl sites for hydroxylation is 2. The predicted molar refractivity (Wildman–Crippen MR) is 120 cm³/mol. The maximum atomic E-state index is 5.25. The quantitative estimate of drug-likeness (QED) is 0.375. The van der Waals surface area contributed by atoms with E-state index in [1.165, 1.54) is 34.4 Å². The molecule has 1 aliphatic rings. The van der Waals surface area contributed by atoms with Crippen LogP contribution in [0.4, 0.5) is 0 Å². The molecule has 3 unspecified atom stereocenters. The Labute approximate surface area is 167 Å². The van der Waals surface area contributed by atoms with Crippen LogP contribution in [0.25, 0.3) is 5.70 Å². The minimum absolute atomic E-state index is 0.373. The number of allylic oxidation sites excluding steroid dienone is 3. The third kappa shape index (κ3) is 4.90. The molecule has 1 aromatic carbocycles. The molecule has 0 saturated heterocycles. The first kappa shape index (κ1) is 21.5. The molecule has 0 fully saturated rings. The molecule has 0 aliphatic carbocycles. The first-order valence-electron chi connectivity index (χ1n) is 10.6. The fourth-order valence-corrected chi connectivity index (χ4v) is 3.89. The van der Waals surface area contributed by atoms with Crippen molar-refractivity contribution in [3.05, 3.63) is 57.8 Å². The lowest BCUT2D eigenvalue weighted by atomic mass is 9.81. The standard InChI is InChI=1S/C26H37N/c1-9-18(4)23-12-11-13-25(24-16-17(3)14-15-20(24)6)27-26(19(5)10-2)22(8)21(23)7/h11,14-16,18-19,22H,9-10,12H2,1-8H3/b23-21+,27-26-. The van der Waals surface area contributed by atoms with E-state index in [-0.39, 0.29) is 0 Å². The third-order valence-electron chi connectivity index (χ3n) is 6.37. The molecule has 0 aromatic heterocycles. The van der Waals surface area contributed by atoms with E-state index in [9.17, 15) is 0 Å². The van der Waals surface area contributed by atoms with Gasteiger partial charge in [-0.25, -0.2) is 4.99 Å². The normalized spacial score (nSPS) is 25.0. The lowest BCUT2D eigenvalue weighted by molar-refractivity contribution is 0.617. The number of hydrogen-bond acceptors (Lipinski definition) is 1. The minimum Gasteiger partial charge on any atom is -0.248 e. The predicted octanol–water partition coefficient (Wildman–Crippen LogP) is 7.69. The van der Waals surface area contributed by atoms with Crippen LogP contribution in [-0.2, 0) is 0 Å². The van der Waals surface area contributed by atoms with Crippen LogP contribution in [0.15, 0.2) is 46.1 Å². The highest BCUT2D eigenvalue weighted by molar-refractivity contribution is 5.95. The van der Waals surface area contributed by atoms with Crippen molar-refractivity contribution in [2.45, 2.75) is 74.7 Å². The van der Waals surface area contributed by atoms with Gasteiger partial charge in [0.15, 0.2) is 0 Å². The van der Waals surface area contributed by atoms with E-state index in [2.05, 4.69) is 85.4 Å². The van der Waals surface area contributed by atoms with Crippen LogP contribution < -0.4 is 0 Å². The molecule has 0 amide bonds. The van der Waals surface area contributed by atoms with Gasteiger partial charge in [-0.2, -0.15) is 0 Å². The van der Waals surface area contributed by atoms with E-state index in [0.29, 0.717) is 17.8 Å². The van der Waals surface area contributed by atoms with Crippen molar-refractivity contribution < 1.29 is 0 Å². The molecule has 1 nitrogen and oxygen atoms in total. The summed E-state index contributed by atoms with van der Waals surface area (Å²) in [6.45, 7) is 18.2. The zero-order valence-electron chi connectivity index (χ0n) is 18.6. The van der Waals surface area contributed by atoms with Crippen molar-refractivity contribution in [3.63, 3.8) is 0 Å². The van der Waals surface area contributed by atoms with Crippen molar-refractivity contribution >= 4 is 11.4 Å². The maximum absolute atomic E-state index is 5.25. The lowest BCUT2D eigenvalue weighted by Crippen LogP contribution is -2.22. The molecule has 1 heteroatoms. The first-order valence-corrected chi connectivity index (χ1v) is 10.6.